The van der Waals surface area contributed by atoms with Crippen LogP contribution in [0.4, 0.5) is 5.69 Å². The van der Waals surface area contributed by atoms with Gasteiger partial charge in [0, 0.05) is 31.7 Å². The van der Waals surface area contributed by atoms with Crippen molar-refractivity contribution in [2.75, 3.05) is 12.3 Å². The Morgan fingerprint density at radius 3 is 2.84 bits per heavy atom. The van der Waals surface area contributed by atoms with E-state index in [1.165, 1.54) is 5.56 Å². The minimum atomic E-state index is -0.171. The van der Waals surface area contributed by atoms with Crippen molar-refractivity contribution in [2.45, 2.75) is 19.5 Å². The number of H-pyrrole nitrogens is 1. The summed E-state index contributed by atoms with van der Waals surface area (Å²) in [6.45, 7) is 2.73. The van der Waals surface area contributed by atoms with Gasteiger partial charge in [0.05, 0.1) is 5.69 Å². The second kappa shape index (κ2) is 4.90. The lowest BCUT2D eigenvalue weighted by molar-refractivity contribution is 0.243. The molecule has 3 N–H and O–H groups in total. The minimum absolute atomic E-state index is 0.171. The average Bonchev–Trinajstić information content (AvgIpc) is 2.42. The highest BCUT2D eigenvalue weighted by Gasteiger charge is 2.17. The van der Waals surface area contributed by atoms with Gasteiger partial charge in [0.2, 0.25) is 0 Å². The summed E-state index contributed by atoms with van der Waals surface area (Å²) in [5, 5.41) is 0. The molecule has 0 amide bonds. The van der Waals surface area contributed by atoms with Crippen molar-refractivity contribution in [1.29, 1.82) is 0 Å². The average molecular weight is 255 g/mol. The Labute approximate surface area is 111 Å². The maximum absolute atomic E-state index is 11.5. The molecule has 1 aliphatic rings. The molecule has 4 nitrogen and oxygen atoms in total. The topological polar surface area (TPSA) is 62.1 Å². The largest absolute Gasteiger partial charge is 0.394 e. The second-order valence-corrected chi connectivity index (χ2v) is 5.00. The van der Waals surface area contributed by atoms with Crippen molar-refractivity contribution in [3.63, 3.8) is 0 Å². The molecule has 0 aliphatic carbocycles. The number of nitrogens with one attached hydrogen (secondary N) is 1. The predicted molar refractivity (Wildman–Crippen MR) is 75.7 cm³/mol. The zero-order valence-electron chi connectivity index (χ0n) is 10.7. The van der Waals surface area contributed by atoms with E-state index in [1.807, 2.05) is 12.1 Å². The number of fused-ring (bicyclic) bond motifs is 1. The Morgan fingerprint density at radius 2 is 2.05 bits per heavy atom. The summed E-state index contributed by atoms with van der Waals surface area (Å²) >= 11 is 0. The number of nitrogens with two attached hydrogens (primary N) is 1. The van der Waals surface area contributed by atoms with Crippen LogP contribution < -0.4 is 11.3 Å². The third kappa shape index (κ3) is 2.53. The first-order chi connectivity index (χ1) is 9.22. The summed E-state index contributed by atoms with van der Waals surface area (Å²) in [7, 11) is 0. The van der Waals surface area contributed by atoms with Gasteiger partial charge in [-0.2, -0.15) is 0 Å². The lowest BCUT2D eigenvalue weighted by Gasteiger charge is -2.28. The molecular formula is C15H17N3O. The zero-order valence-corrected chi connectivity index (χ0v) is 10.7. The molecule has 2 heterocycles. The van der Waals surface area contributed by atoms with E-state index in [0.29, 0.717) is 5.69 Å². The fourth-order valence-corrected chi connectivity index (χ4v) is 2.56. The molecule has 4 heteroatoms. The molecule has 1 aromatic heterocycles. The number of anilines is 1. The Bertz CT molecular complexity index is 634. The summed E-state index contributed by atoms with van der Waals surface area (Å²) in [6, 6.07) is 12.2. The van der Waals surface area contributed by atoms with Gasteiger partial charge in [-0.15, -0.1) is 0 Å². The van der Waals surface area contributed by atoms with E-state index in [-0.39, 0.29) is 5.56 Å². The van der Waals surface area contributed by atoms with Gasteiger partial charge >= 0.3 is 0 Å². The molecule has 0 saturated carbocycles. The van der Waals surface area contributed by atoms with Crippen LogP contribution in [0.15, 0.2) is 41.2 Å². The number of aromatic nitrogens is 1. The number of nitrogen functional groups attached to an aromatic ring is 1. The van der Waals surface area contributed by atoms with E-state index in [4.69, 9.17) is 5.73 Å². The van der Waals surface area contributed by atoms with Crippen LogP contribution >= 0.6 is 0 Å². The molecule has 19 heavy (non-hydrogen) atoms. The van der Waals surface area contributed by atoms with Gasteiger partial charge in [-0.25, -0.2) is 0 Å². The normalized spacial score (nSPS) is 15.2. The number of hydrogen-bond acceptors (Lipinski definition) is 3. The van der Waals surface area contributed by atoms with Gasteiger partial charge in [-0.3, -0.25) is 9.69 Å². The monoisotopic (exact) mass is 255 g/mol. The lowest BCUT2D eigenvalue weighted by Crippen LogP contribution is -2.32. The first kappa shape index (κ1) is 12.0. The third-order valence-electron chi connectivity index (χ3n) is 3.56. The van der Waals surface area contributed by atoms with E-state index < -0.39 is 0 Å². The summed E-state index contributed by atoms with van der Waals surface area (Å²) in [5.74, 6) is 0. The molecule has 1 aliphatic heterocycles. The van der Waals surface area contributed by atoms with E-state index in [2.05, 4.69) is 34.1 Å². The molecule has 0 atom stereocenters. The van der Waals surface area contributed by atoms with E-state index in [9.17, 15) is 4.79 Å². The van der Waals surface area contributed by atoms with Crippen LogP contribution in [0.5, 0.6) is 0 Å². The molecule has 3 rings (SSSR count). The number of benzene rings is 1. The highest BCUT2D eigenvalue weighted by atomic mass is 16.1. The molecular weight excluding hydrogens is 238 g/mol. The standard InChI is InChI=1S/C15H17N3O/c16-13-8-12-10-18(7-6-14(12)17-15(13)19)9-11-4-2-1-3-5-11/h1-5,8H,6-7,9-10,16H2,(H,17,19). The highest BCUT2D eigenvalue weighted by Crippen LogP contribution is 2.19. The van der Waals surface area contributed by atoms with E-state index in [0.717, 1.165) is 37.3 Å². The Hall–Kier alpha value is -2.07. The molecule has 0 bridgehead atoms. The molecule has 2 aromatic rings. The first-order valence-electron chi connectivity index (χ1n) is 6.49. The van der Waals surface area contributed by atoms with Gasteiger partial charge in [-0.05, 0) is 17.2 Å². The smallest absolute Gasteiger partial charge is 0.271 e. The first-order valence-corrected chi connectivity index (χ1v) is 6.49. The molecule has 98 valence electrons. The van der Waals surface area contributed by atoms with Crippen LogP contribution in [0.25, 0.3) is 0 Å². The fourth-order valence-electron chi connectivity index (χ4n) is 2.56. The summed E-state index contributed by atoms with van der Waals surface area (Å²) in [6.07, 6.45) is 0.873. The van der Waals surface area contributed by atoms with Crippen LogP contribution in [-0.2, 0) is 19.5 Å². The van der Waals surface area contributed by atoms with Crippen molar-refractivity contribution in [2.24, 2.45) is 0 Å². The molecule has 1 aromatic carbocycles. The van der Waals surface area contributed by atoms with Gasteiger partial charge in [0.15, 0.2) is 0 Å². The Kier molecular flexibility index (Phi) is 3.09. The van der Waals surface area contributed by atoms with Crippen molar-refractivity contribution in [1.82, 2.24) is 9.88 Å². The quantitative estimate of drug-likeness (QED) is 0.855. The third-order valence-corrected chi connectivity index (χ3v) is 3.56. The summed E-state index contributed by atoms with van der Waals surface area (Å²) in [4.78, 5) is 16.7. The van der Waals surface area contributed by atoms with E-state index >= 15 is 0 Å². The van der Waals surface area contributed by atoms with Crippen LogP contribution in [0.3, 0.4) is 0 Å². The number of nitrogens with zero attached hydrogens (tertiary/aromatic N) is 1. The van der Waals surface area contributed by atoms with Crippen molar-refractivity contribution in [3.05, 3.63) is 63.6 Å². The van der Waals surface area contributed by atoms with E-state index in [1.54, 1.807) is 0 Å². The highest BCUT2D eigenvalue weighted by molar-refractivity contribution is 5.41. The molecule has 0 fully saturated rings. The number of aromatic amines is 1. The van der Waals surface area contributed by atoms with Gasteiger partial charge in [0.25, 0.3) is 5.56 Å². The molecule has 0 saturated heterocycles. The number of rotatable bonds is 2. The van der Waals surface area contributed by atoms with Gasteiger partial charge in [0.1, 0.15) is 0 Å². The Balaban J connectivity index is 1.79. The number of hydrogen-bond donors (Lipinski definition) is 2. The second-order valence-electron chi connectivity index (χ2n) is 5.00. The molecule has 0 spiro atoms. The predicted octanol–water partition coefficient (Wildman–Crippen LogP) is 1.52. The summed E-state index contributed by atoms with van der Waals surface area (Å²) in [5.41, 5.74) is 9.29. The van der Waals surface area contributed by atoms with Gasteiger partial charge < -0.3 is 10.7 Å². The Morgan fingerprint density at radius 1 is 1.26 bits per heavy atom. The summed E-state index contributed by atoms with van der Waals surface area (Å²) < 4.78 is 0. The minimum Gasteiger partial charge on any atom is -0.394 e. The fraction of sp³-hybridized carbons (Fsp3) is 0.267. The molecule has 0 radical (unpaired) electrons. The van der Waals surface area contributed by atoms with Crippen molar-refractivity contribution >= 4 is 5.69 Å². The molecule has 0 unspecified atom stereocenters. The maximum atomic E-state index is 11.5. The van der Waals surface area contributed by atoms with Crippen LogP contribution in [0, 0.1) is 0 Å². The van der Waals surface area contributed by atoms with Crippen LogP contribution in [0.1, 0.15) is 16.8 Å². The van der Waals surface area contributed by atoms with Crippen LogP contribution in [-0.4, -0.2) is 16.4 Å². The van der Waals surface area contributed by atoms with Crippen molar-refractivity contribution in [3.8, 4) is 0 Å². The lowest BCUT2D eigenvalue weighted by atomic mass is 10.0. The van der Waals surface area contributed by atoms with Crippen molar-refractivity contribution < 1.29 is 0 Å². The zero-order chi connectivity index (χ0) is 13.2. The maximum Gasteiger partial charge on any atom is 0.271 e. The van der Waals surface area contributed by atoms with Gasteiger partial charge in [-0.1, -0.05) is 30.3 Å². The van der Waals surface area contributed by atoms with Crippen LogP contribution in [0.2, 0.25) is 0 Å². The SMILES string of the molecule is Nc1cc2c([nH]c1=O)CCN(Cc1ccccc1)C2. The number of pyridine rings is 1.